The van der Waals surface area contributed by atoms with Gasteiger partial charge in [0.2, 0.25) is 0 Å². The minimum Gasteiger partial charge on any atom is -0.381 e. The van der Waals surface area contributed by atoms with E-state index < -0.39 is 0 Å². The first-order chi connectivity index (χ1) is 7.79. The van der Waals surface area contributed by atoms with E-state index in [1.807, 2.05) is 18.3 Å². The maximum atomic E-state index is 5.59. The van der Waals surface area contributed by atoms with E-state index in [0.717, 1.165) is 36.2 Å². The summed E-state index contributed by atoms with van der Waals surface area (Å²) in [4.78, 5) is 4.35. The Bertz CT molecular complexity index is 325. The molecule has 5 heteroatoms. The number of hydrogen-bond donors (Lipinski definition) is 2. The zero-order valence-corrected chi connectivity index (χ0v) is 10.6. The van der Waals surface area contributed by atoms with Crippen LogP contribution in [0.3, 0.4) is 0 Å². The average molecular weight is 286 g/mol. The van der Waals surface area contributed by atoms with Gasteiger partial charge in [0.1, 0.15) is 0 Å². The smallest absolute Gasteiger partial charge is 0.0510 e. The van der Waals surface area contributed by atoms with E-state index in [9.17, 15) is 0 Å². The van der Waals surface area contributed by atoms with Gasteiger partial charge < -0.3 is 4.74 Å². The molecule has 0 spiro atoms. The zero-order valence-electron chi connectivity index (χ0n) is 9.03. The van der Waals surface area contributed by atoms with Crippen molar-refractivity contribution in [3.63, 3.8) is 0 Å². The van der Waals surface area contributed by atoms with Crippen LogP contribution >= 0.6 is 15.9 Å². The van der Waals surface area contributed by atoms with E-state index in [0.29, 0.717) is 5.92 Å². The first-order valence-electron chi connectivity index (χ1n) is 5.44. The number of hydrogen-bond acceptors (Lipinski definition) is 4. The van der Waals surface area contributed by atoms with E-state index in [1.54, 1.807) is 0 Å². The third-order valence-corrected chi connectivity index (χ3v) is 3.43. The van der Waals surface area contributed by atoms with Gasteiger partial charge in [0, 0.05) is 41.4 Å². The molecule has 16 heavy (non-hydrogen) atoms. The molecule has 1 aliphatic heterocycles. The number of rotatable bonds is 4. The minimum absolute atomic E-state index is 0.246. The van der Waals surface area contributed by atoms with Gasteiger partial charge in [0.05, 0.1) is 6.61 Å². The van der Waals surface area contributed by atoms with Crippen molar-refractivity contribution >= 4 is 15.9 Å². The zero-order chi connectivity index (χ0) is 11.4. The molecule has 2 atom stereocenters. The summed E-state index contributed by atoms with van der Waals surface area (Å²) in [6.07, 6.45) is 3.73. The number of nitrogens with two attached hydrogens (primary N) is 1. The van der Waals surface area contributed by atoms with Crippen molar-refractivity contribution in [3.05, 3.63) is 28.5 Å². The van der Waals surface area contributed by atoms with Crippen LogP contribution < -0.4 is 11.3 Å². The standard InChI is InChI=1S/C11H16BrN3O/c12-9-1-2-10(14-6-9)5-11(15-13)8-3-4-16-7-8/h1-2,6,8,11,15H,3-5,7,13H2. The summed E-state index contributed by atoms with van der Waals surface area (Å²) in [5.41, 5.74) is 3.93. The molecule has 0 amide bonds. The summed E-state index contributed by atoms with van der Waals surface area (Å²) in [6, 6.07) is 4.27. The fourth-order valence-corrected chi connectivity index (χ4v) is 2.22. The molecule has 1 aromatic rings. The number of ether oxygens (including phenoxy) is 1. The van der Waals surface area contributed by atoms with Gasteiger partial charge in [-0.15, -0.1) is 0 Å². The lowest BCUT2D eigenvalue weighted by atomic mass is 9.95. The van der Waals surface area contributed by atoms with Crippen LogP contribution in [0.5, 0.6) is 0 Å². The lowest BCUT2D eigenvalue weighted by Gasteiger charge is -2.20. The van der Waals surface area contributed by atoms with Gasteiger partial charge in [-0.05, 0) is 34.5 Å². The monoisotopic (exact) mass is 285 g/mol. The molecule has 2 rings (SSSR count). The molecule has 0 bridgehead atoms. The van der Waals surface area contributed by atoms with Crippen LogP contribution in [0.4, 0.5) is 0 Å². The van der Waals surface area contributed by atoms with Gasteiger partial charge in [0.25, 0.3) is 0 Å². The van der Waals surface area contributed by atoms with Gasteiger partial charge in [0.15, 0.2) is 0 Å². The SMILES string of the molecule is NNC(Cc1ccc(Br)cn1)C1CCOC1. The fourth-order valence-electron chi connectivity index (χ4n) is 1.98. The third kappa shape index (κ3) is 3.01. The summed E-state index contributed by atoms with van der Waals surface area (Å²) >= 11 is 3.37. The third-order valence-electron chi connectivity index (χ3n) is 2.97. The van der Waals surface area contributed by atoms with Crippen molar-refractivity contribution < 1.29 is 4.74 Å². The lowest BCUT2D eigenvalue weighted by molar-refractivity contribution is 0.176. The number of halogens is 1. The molecule has 88 valence electrons. The number of nitrogens with zero attached hydrogens (tertiary/aromatic N) is 1. The van der Waals surface area contributed by atoms with Gasteiger partial charge >= 0.3 is 0 Å². The Labute approximate surface area is 104 Å². The van der Waals surface area contributed by atoms with Crippen LogP contribution in [0, 0.1) is 5.92 Å². The Morgan fingerprint density at radius 1 is 1.62 bits per heavy atom. The van der Waals surface area contributed by atoms with E-state index in [2.05, 4.69) is 26.3 Å². The number of hydrazine groups is 1. The summed E-state index contributed by atoms with van der Waals surface area (Å²) in [6.45, 7) is 1.64. The Kier molecular flexibility index (Phi) is 4.29. The Hall–Kier alpha value is -0.490. The molecule has 1 aliphatic rings. The molecule has 0 radical (unpaired) electrons. The van der Waals surface area contributed by atoms with E-state index in [1.165, 1.54) is 0 Å². The number of aromatic nitrogens is 1. The van der Waals surface area contributed by atoms with Gasteiger partial charge in [-0.3, -0.25) is 16.3 Å². The van der Waals surface area contributed by atoms with Gasteiger partial charge in [-0.25, -0.2) is 0 Å². The lowest BCUT2D eigenvalue weighted by Crippen LogP contribution is -2.42. The summed E-state index contributed by atoms with van der Waals surface area (Å²) in [5.74, 6) is 6.08. The van der Waals surface area contributed by atoms with Crippen molar-refractivity contribution in [3.8, 4) is 0 Å². The van der Waals surface area contributed by atoms with E-state index in [-0.39, 0.29) is 6.04 Å². The van der Waals surface area contributed by atoms with Crippen LogP contribution in [0.15, 0.2) is 22.8 Å². The fraction of sp³-hybridized carbons (Fsp3) is 0.545. The molecule has 1 aromatic heterocycles. The second-order valence-corrected chi connectivity index (χ2v) is 4.98. The largest absolute Gasteiger partial charge is 0.381 e. The van der Waals surface area contributed by atoms with Crippen LogP contribution in [0.1, 0.15) is 12.1 Å². The molecule has 0 aliphatic carbocycles. The second kappa shape index (κ2) is 5.72. The normalized spacial score (nSPS) is 22.2. The van der Waals surface area contributed by atoms with Crippen LogP contribution in [0.25, 0.3) is 0 Å². The topological polar surface area (TPSA) is 60.2 Å². The first kappa shape index (κ1) is 12.0. The Balaban J connectivity index is 1.97. The quantitative estimate of drug-likeness (QED) is 0.646. The summed E-state index contributed by atoms with van der Waals surface area (Å²) in [5, 5.41) is 0. The molecule has 0 saturated carbocycles. The van der Waals surface area contributed by atoms with Crippen molar-refractivity contribution in [2.45, 2.75) is 18.9 Å². The molecule has 4 nitrogen and oxygen atoms in total. The first-order valence-corrected chi connectivity index (χ1v) is 6.23. The molecule has 0 aromatic carbocycles. The second-order valence-electron chi connectivity index (χ2n) is 4.07. The van der Waals surface area contributed by atoms with Crippen LogP contribution in [-0.2, 0) is 11.2 Å². The predicted octanol–water partition coefficient (Wildman–Crippen LogP) is 1.25. The highest BCUT2D eigenvalue weighted by Gasteiger charge is 2.25. The molecule has 2 unspecified atom stereocenters. The summed E-state index contributed by atoms with van der Waals surface area (Å²) < 4.78 is 6.37. The maximum absolute atomic E-state index is 5.59. The predicted molar refractivity (Wildman–Crippen MR) is 65.7 cm³/mol. The molecular weight excluding hydrogens is 270 g/mol. The molecule has 1 saturated heterocycles. The Morgan fingerprint density at radius 2 is 2.50 bits per heavy atom. The number of pyridine rings is 1. The molecule has 1 fully saturated rings. The molecular formula is C11H16BrN3O. The van der Waals surface area contributed by atoms with Crippen molar-refractivity contribution in [1.29, 1.82) is 0 Å². The van der Waals surface area contributed by atoms with E-state index in [4.69, 9.17) is 10.6 Å². The minimum atomic E-state index is 0.246. The highest BCUT2D eigenvalue weighted by Crippen LogP contribution is 2.19. The number of nitrogens with one attached hydrogen (secondary N) is 1. The van der Waals surface area contributed by atoms with Crippen molar-refractivity contribution in [1.82, 2.24) is 10.4 Å². The van der Waals surface area contributed by atoms with Crippen molar-refractivity contribution in [2.24, 2.45) is 11.8 Å². The highest BCUT2D eigenvalue weighted by molar-refractivity contribution is 9.10. The van der Waals surface area contributed by atoms with E-state index >= 15 is 0 Å². The van der Waals surface area contributed by atoms with Gasteiger partial charge in [-0.2, -0.15) is 0 Å². The van der Waals surface area contributed by atoms with Crippen LogP contribution in [0.2, 0.25) is 0 Å². The van der Waals surface area contributed by atoms with Crippen molar-refractivity contribution in [2.75, 3.05) is 13.2 Å². The molecule has 3 N–H and O–H groups in total. The highest BCUT2D eigenvalue weighted by atomic mass is 79.9. The molecule has 2 heterocycles. The Morgan fingerprint density at radius 3 is 3.06 bits per heavy atom. The average Bonchev–Trinajstić information content (AvgIpc) is 2.82. The van der Waals surface area contributed by atoms with Crippen LogP contribution in [-0.4, -0.2) is 24.2 Å². The summed E-state index contributed by atoms with van der Waals surface area (Å²) in [7, 11) is 0. The maximum Gasteiger partial charge on any atom is 0.0510 e. The van der Waals surface area contributed by atoms with Gasteiger partial charge in [-0.1, -0.05) is 0 Å².